The topological polar surface area (TPSA) is 55.2 Å². The number of hydrogen-bond donors (Lipinski definition) is 1. The lowest BCUT2D eigenvalue weighted by Gasteiger charge is -2.42. The summed E-state index contributed by atoms with van der Waals surface area (Å²) in [7, 11) is 2.11. The Kier molecular flexibility index (Phi) is 4.62. The molecule has 1 N–H and O–H groups in total. The van der Waals surface area contributed by atoms with Gasteiger partial charge in [-0.25, -0.2) is 4.98 Å². The maximum absolute atomic E-state index is 6.23. The van der Waals surface area contributed by atoms with Gasteiger partial charge in [0.2, 0.25) is 0 Å². The molecule has 0 atom stereocenters. The summed E-state index contributed by atoms with van der Waals surface area (Å²) in [4.78, 5) is 11.3. The van der Waals surface area contributed by atoms with E-state index in [1.165, 1.54) is 27.4 Å². The van der Waals surface area contributed by atoms with Gasteiger partial charge in [0.15, 0.2) is 0 Å². The molecule has 2 aliphatic rings. The average Bonchev–Trinajstić information content (AvgIpc) is 3.09. The van der Waals surface area contributed by atoms with Gasteiger partial charge >= 0.3 is 0 Å². The third kappa shape index (κ3) is 3.36. The molecular formula is C25H27N5O. The van der Waals surface area contributed by atoms with Crippen LogP contribution in [0, 0.1) is 0 Å². The summed E-state index contributed by atoms with van der Waals surface area (Å²) in [5.41, 5.74) is 4.73. The molecule has 6 rings (SSSR count). The minimum absolute atomic E-state index is 0.341. The van der Waals surface area contributed by atoms with E-state index in [1.54, 1.807) is 0 Å². The number of aryl methyl sites for hydroxylation is 1. The molecule has 2 aliphatic heterocycles. The summed E-state index contributed by atoms with van der Waals surface area (Å²) in [6.07, 6.45) is 8.80. The van der Waals surface area contributed by atoms with E-state index in [0.717, 1.165) is 50.4 Å². The van der Waals surface area contributed by atoms with Crippen LogP contribution >= 0.6 is 0 Å². The van der Waals surface area contributed by atoms with Crippen LogP contribution in [0.25, 0.3) is 32.9 Å². The molecule has 0 aliphatic carbocycles. The molecule has 0 radical (unpaired) electrons. The molecule has 0 spiro atoms. The zero-order valence-electron chi connectivity index (χ0n) is 17.8. The number of hydrogen-bond acceptors (Lipinski definition) is 5. The number of fused-ring (bicyclic) bond motifs is 3. The van der Waals surface area contributed by atoms with Crippen LogP contribution in [0.4, 0.5) is 5.82 Å². The van der Waals surface area contributed by atoms with E-state index in [1.807, 2.05) is 18.6 Å². The molecule has 1 aromatic carbocycles. The van der Waals surface area contributed by atoms with Gasteiger partial charge in [-0.15, -0.1) is 0 Å². The quantitative estimate of drug-likeness (QED) is 0.552. The number of anilines is 1. The number of nitrogens with one attached hydrogen (secondary N) is 1. The van der Waals surface area contributed by atoms with Crippen molar-refractivity contribution in [2.75, 3.05) is 31.1 Å². The first-order chi connectivity index (χ1) is 15.3. The molecule has 4 aromatic rings. The van der Waals surface area contributed by atoms with Gasteiger partial charge in [0, 0.05) is 60.6 Å². The monoisotopic (exact) mass is 413 g/mol. The van der Waals surface area contributed by atoms with Crippen LogP contribution in [-0.4, -0.2) is 52.9 Å². The predicted molar refractivity (Wildman–Crippen MR) is 124 cm³/mol. The Bertz CT molecular complexity index is 1220. The highest BCUT2D eigenvalue weighted by atomic mass is 16.5. The molecule has 158 valence electrons. The smallest absolute Gasteiger partial charge is 0.128 e. The molecule has 6 nitrogen and oxygen atoms in total. The maximum Gasteiger partial charge on any atom is 0.128 e. The minimum Gasteiger partial charge on any atom is -0.371 e. The van der Waals surface area contributed by atoms with Crippen LogP contribution in [0.2, 0.25) is 0 Å². The number of pyridine rings is 2. The van der Waals surface area contributed by atoms with Crippen LogP contribution in [0.1, 0.15) is 12.8 Å². The number of ether oxygens (including phenoxy) is 1. The lowest BCUT2D eigenvalue weighted by molar-refractivity contribution is -0.0386. The van der Waals surface area contributed by atoms with E-state index in [4.69, 9.17) is 9.72 Å². The van der Waals surface area contributed by atoms with E-state index in [-0.39, 0.29) is 0 Å². The van der Waals surface area contributed by atoms with Gasteiger partial charge in [0.25, 0.3) is 0 Å². The fourth-order valence-corrected chi connectivity index (χ4v) is 4.89. The Labute approximate surface area is 181 Å². The molecular weight excluding hydrogens is 386 g/mol. The highest BCUT2D eigenvalue weighted by Crippen LogP contribution is 2.32. The number of aromatic nitrogens is 3. The molecule has 6 heteroatoms. The van der Waals surface area contributed by atoms with Crippen molar-refractivity contribution in [2.24, 2.45) is 7.05 Å². The molecule has 0 saturated carbocycles. The highest BCUT2D eigenvalue weighted by Gasteiger charge is 2.31. The SMILES string of the molecule is Cn1c2ccncc2c2ccc(-c3ccc(N4CC(OC5CCNCC5)C4)nc3)cc21. The minimum atomic E-state index is 0.341. The lowest BCUT2D eigenvalue weighted by atomic mass is 10.0. The second kappa shape index (κ2) is 7.62. The molecule has 3 aromatic heterocycles. The Hall–Kier alpha value is -2.96. The van der Waals surface area contributed by atoms with Crippen molar-refractivity contribution in [3.63, 3.8) is 0 Å². The third-order valence-corrected chi connectivity index (χ3v) is 6.73. The summed E-state index contributed by atoms with van der Waals surface area (Å²) in [6.45, 7) is 4.02. The van der Waals surface area contributed by atoms with Gasteiger partial charge in [-0.2, -0.15) is 0 Å². The normalized spacial score (nSPS) is 18.0. The van der Waals surface area contributed by atoms with Crippen molar-refractivity contribution in [1.29, 1.82) is 0 Å². The van der Waals surface area contributed by atoms with Gasteiger partial charge < -0.3 is 19.5 Å². The number of rotatable bonds is 4. The second-order valence-corrected chi connectivity index (χ2v) is 8.70. The van der Waals surface area contributed by atoms with Gasteiger partial charge in [0.1, 0.15) is 5.82 Å². The summed E-state index contributed by atoms with van der Waals surface area (Å²) in [5, 5.41) is 5.82. The molecule has 2 saturated heterocycles. The summed E-state index contributed by atoms with van der Waals surface area (Å²) < 4.78 is 8.47. The first-order valence-electron chi connectivity index (χ1n) is 11.2. The molecule has 0 bridgehead atoms. The lowest BCUT2D eigenvalue weighted by Crippen LogP contribution is -2.54. The van der Waals surface area contributed by atoms with Gasteiger partial charge in [0.05, 0.1) is 17.7 Å². The van der Waals surface area contributed by atoms with Crippen LogP contribution in [0.5, 0.6) is 0 Å². The fraction of sp³-hybridized carbons (Fsp3) is 0.360. The molecule has 0 unspecified atom stereocenters. The van der Waals surface area contributed by atoms with Crippen molar-refractivity contribution in [2.45, 2.75) is 25.0 Å². The average molecular weight is 414 g/mol. The van der Waals surface area contributed by atoms with Crippen molar-refractivity contribution in [1.82, 2.24) is 19.9 Å². The Morgan fingerprint density at radius 3 is 2.55 bits per heavy atom. The zero-order valence-corrected chi connectivity index (χ0v) is 17.8. The number of benzene rings is 1. The van der Waals surface area contributed by atoms with Crippen molar-refractivity contribution in [3.8, 4) is 11.1 Å². The van der Waals surface area contributed by atoms with E-state index >= 15 is 0 Å². The molecule has 31 heavy (non-hydrogen) atoms. The van der Waals surface area contributed by atoms with E-state index < -0.39 is 0 Å². The second-order valence-electron chi connectivity index (χ2n) is 8.70. The Morgan fingerprint density at radius 2 is 1.74 bits per heavy atom. The van der Waals surface area contributed by atoms with Crippen LogP contribution < -0.4 is 10.2 Å². The third-order valence-electron chi connectivity index (χ3n) is 6.73. The van der Waals surface area contributed by atoms with Crippen molar-refractivity contribution >= 4 is 27.6 Å². The first kappa shape index (κ1) is 18.8. The Morgan fingerprint density at radius 1 is 0.903 bits per heavy atom. The largest absolute Gasteiger partial charge is 0.371 e. The van der Waals surface area contributed by atoms with Crippen LogP contribution in [0.15, 0.2) is 55.0 Å². The van der Waals surface area contributed by atoms with Gasteiger partial charge in [-0.05, 0) is 55.8 Å². The standard InChI is InChI=1S/C25H27N5O/c1-29-23-8-11-27-14-22(23)21-4-2-17(12-24(21)29)18-3-5-25(28-13-18)30-15-20(16-30)31-19-6-9-26-10-7-19/h2-5,8,11-14,19-20,26H,6-7,9-10,15-16H2,1H3. The summed E-state index contributed by atoms with van der Waals surface area (Å²) >= 11 is 0. The zero-order chi connectivity index (χ0) is 20.8. The fourth-order valence-electron chi connectivity index (χ4n) is 4.89. The maximum atomic E-state index is 6.23. The van der Waals surface area contributed by atoms with E-state index in [0.29, 0.717) is 12.2 Å². The van der Waals surface area contributed by atoms with Crippen LogP contribution in [0.3, 0.4) is 0 Å². The van der Waals surface area contributed by atoms with Crippen molar-refractivity contribution in [3.05, 3.63) is 55.0 Å². The summed E-state index contributed by atoms with van der Waals surface area (Å²) in [5.74, 6) is 1.03. The van der Waals surface area contributed by atoms with E-state index in [2.05, 4.69) is 63.2 Å². The number of nitrogens with zero attached hydrogens (tertiary/aromatic N) is 4. The molecule has 2 fully saturated rings. The summed E-state index contributed by atoms with van der Waals surface area (Å²) in [6, 6.07) is 13.0. The van der Waals surface area contributed by atoms with E-state index in [9.17, 15) is 0 Å². The highest BCUT2D eigenvalue weighted by molar-refractivity contribution is 6.08. The Balaban J connectivity index is 1.18. The molecule has 0 amide bonds. The molecule has 5 heterocycles. The van der Waals surface area contributed by atoms with Gasteiger partial charge in [-0.3, -0.25) is 4.98 Å². The predicted octanol–water partition coefficient (Wildman–Crippen LogP) is 3.75. The first-order valence-corrected chi connectivity index (χ1v) is 11.2. The number of piperidine rings is 1. The van der Waals surface area contributed by atoms with Crippen LogP contribution in [-0.2, 0) is 11.8 Å². The van der Waals surface area contributed by atoms with Gasteiger partial charge in [-0.1, -0.05) is 12.1 Å². The van der Waals surface area contributed by atoms with Crippen molar-refractivity contribution < 1.29 is 4.74 Å².